The average molecular weight is 375 g/mol. The maximum Gasteiger partial charge on any atom is 0.306 e. The highest BCUT2D eigenvalue weighted by Crippen LogP contribution is 2.32. The maximum atomic E-state index is 12.5. The molecule has 1 saturated heterocycles. The summed E-state index contributed by atoms with van der Waals surface area (Å²) in [5.41, 5.74) is 0.719. The fraction of sp³-hybridized carbons (Fsp3) is 0.579. The van der Waals surface area contributed by atoms with Gasteiger partial charge in [0.25, 0.3) is 11.6 Å². The SMILES string of the molecule is CC1CCN(c2ccc(C(=O)N[C@H]3CC[C@@H](C(=O)O)C3)cc2[N+](=O)[O-])CC1. The van der Waals surface area contributed by atoms with Crippen LogP contribution in [0.4, 0.5) is 11.4 Å². The maximum absolute atomic E-state index is 12.5. The quantitative estimate of drug-likeness (QED) is 0.604. The number of rotatable bonds is 5. The highest BCUT2D eigenvalue weighted by atomic mass is 16.6. The highest BCUT2D eigenvalue weighted by molar-refractivity contribution is 5.96. The van der Waals surface area contributed by atoms with E-state index in [0.717, 1.165) is 25.9 Å². The minimum absolute atomic E-state index is 0.0629. The Bertz CT molecular complexity index is 743. The Hall–Kier alpha value is -2.64. The van der Waals surface area contributed by atoms with Crippen LogP contribution in [0.5, 0.6) is 0 Å². The van der Waals surface area contributed by atoms with Crippen molar-refractivity contribution >= 4 is 23.3 Å². The van der Waals surface area contributed by atoms with Crippen molar-refractivity contribution in [2.45, 2.75) is 45.1 Å². The van der Waals surface area contributed by atoms with Crippen LogP contribution in [0.25, 0.3) is 0 Å². The zero-order valence-corrected chi connectivity index (χ0v) is 15.4. The first kappa shape index (κ1) is 19.1. The summed E-state index contributed by atoms with van der Waals surface area (Å²) in [5.74, 6) is -1.06. The lowest BCUT2D eigenvalue weighted by Gasteiger charge is -2.31. The van der Waals surface area contributed by atoms with Gasteiger partial charge in [0.05, 0.1) is 10.8 Å². The number of nitro groups is 1. The van der Waals surface area contributed by atoms with Crippen molar-refractivity contribution in [2.75, 3.05) is 18.0 Å². The minimum Gasteiger partial charge on any atom is -0.481 e. The van der Waals surface area contributed by atoms with Crippen LogP contribution in [0.3, 0.4) is 0 Å². The molecule has 0 aromatic heterocycles. The first-order valence-corrected chi connectivity index (χ1v) is 9.42. The molecule has 0 spiro atoms. The molecule has 2 aliphatic rings. The molecular formula is C19H25N3O5. The number of carbonyl (C=O) groups is 2. The predicted molar refractivity (Wildman–Crippen MR) is 99.9 cm³/mol. The van der Waals surface area contributed by atoms with Crippen molar-refractivity contribution in [1.82, 2.24) is 5.32 Å². The Labute approximate surface area is 157 Å². The zero-order chi connectivity index (χ0) is 19.6. The van der Waals surface area contributed by atoms with Gasteiger partial charge in [0.2, 0.25) is 0 Å². The molecule has 1 amide bonds. The van der Waals surface area contributed by atoms with Crippen molar-refractivity contribution in [3.63, 3.8) is 0 Å². The minimum atomic E-state index is -0.845. The molecule has 1 saturated carbocycles. The predicted octanol–water partition coefficient (Wildman–Crippen LogP) is 2.81. The largest absolute Gasteiger partial charge is 0.481 e. The van der Waals surface area contributed by atoms with Gasteiger partial charge in [0.15, 0.2) is 0 Å². The smallest absolute Gasteiger partial charge is 0.306 e. The summed E-state index contributed by atoms with van der Waals surface area (Å²) < 4.78 is 0. The Balaban J connectivity index is 1.73. The molecule has 8 nitrogen and oxygen atoms in total. The fourth-order valence-corrected chi connectivity index (χ4v) is 3.93. The van der Waals surface area contributed by atoms with Crippen molar-refractivity contribution in [1.29, 1.82) is 0 Å². The van der Waals surface area contributed by atoms with E-state index in [-0.39, 0.29) is 17.3 Å². The van der Waals surface area contributed by atoms with Crippen LogP contribution in [-0.2, 0) is 4.79 Å². The normalized spacial score (nSPS) is 23.2. The van der Waals surface area contributed by atoms with E-state index in [9.17, 15) is 19.7 Å². The number of carbonyl (C=O) groups excluding carboxylic acids is 1. The summed E-state index contributed by atoms with van der Waals surface area (Å²) in [4.78, 5) is 36.6. The summed E-state index contributed by atoms with van der Waals surface area (Å²) in [6, 6.07) is 4.38. The summed E-state index contributed by atoms with van der Waals surface area (Å²) in [6.07, 6.45) is 3.52. The van der Waals surface area contributed by atoms with Gasteiger partial charge in [-0.3, -0.25) is 19.7 Å². The number of amides is 1. The van der Waals surface area contributed by atoms with Crippen molar-refractivity contribution in [3.8, 4) is 0 Å². The third kappa shape index (κ3) is 4.37. The number of nitrogens with one attached hydrogen (secondary N) is 1. The molecule has 1 aliphatic carbocycles. The highest BCUT2D eigenvalue weighted by Gasteiger charge is 2.31. The van der Waals surface area contributed by atoms with E-state index in [2.05, 4.69) is 12.2 Å². The van der Waals surface area contributed by atoms with E-state index in [1.165, 1.54) is 6.07 Å². The average Bonchev–Trinajstić information content (AvgIpc) is 3.10. The summed E-state index contributed by atoms with van der Waals surface area (Å²) in [5, 5.41) is 23.4. The fourth-order valence-electron chi connectivity index (χ4n) is 3.93. The molecule has 0 unspecified atom stereocenters. The molecule has 2 fully saturated rings. The molecule has 2 atom stereocenters. The van der Waals surface area contributed by atoms with Gasteiger partial charge in [0.1, 0.15) is 5.69 Å². The number of nitrogens with zero attached hydrogens (tertiary/aromatic N) is 2. The number of carboxylic acid groups (broad SMARTS) is 1. The van der Waals surface area contributed by atoms with Crippen molar-refractivity contribution in [2.24, 2.45) is 11.8 Å². The first-order valence-electron chi connectivity index (χ1n) is 9.42. The van der Waals surface area contributed by atoms with E-state index in [4.69, 9.17) is 5.11 Å². The topological polar surface area (TPSA) is 113 Å². The van der Waals surface area contributed by atoms with E-state index >= 15 is 0 Å². The second-order valence-corrected chi connectivity index (χ2v) is 7.65. The lowest BCUT2D eigenvalue weighted by atomic mass is 9.98. The van der Waals surface area contributed by atoms with Crippen LogP contribution in [-0.4, -0.2) is 41.0 Å². The van der Waals surface area contributed by atoms with E-state index < -0.39 is 22.7 Å². The van der Waals surface area contributed by atoms with Gasteiger partial charge >= 0.3 is 5.97 Å². The molecule has 1 aliphatic heterocycles. The van der Waals surface area contributed by atoms with Crippen LogP contribution in [0.1, 0.15) is 49.4 Å². The summed E-state index contributed by atoms with van der Waals surface area (Å²) in [6.45, 7) is 3.72. The van der Waals surface area contributed by atoms with Gasteiger partial charge in [-0.15, -0.1) is 0 Å². The van der Waals surface area contributed by atoms with Crippen LogP contribution in [0.2, 0.25) is 0 Å². The molecule has 0 bridgehead atoms. The molecule has 8 heteroatoms. The first-order chi connectivity index (χ1) is 12.8. The third-order valence-electron chi connectivity index (χ3n) is 5.68. The number of aliphatic carboxylic acids is 1. The lowest BCUT2D eigenvalue weighted by Crippen LogP contribution is -2.34. The molecule has 0 radical (unpaired) electrons. The molecule has 2 N–H and O–H groups in total. The van der Waals surface area contributed by atoms with Crippen LogP contribution >= 0.6 is 0 Å². The number of hydrogen-bond acceptors (Lipinski definition) is 5. The van der Waals surface area contributed by atoms with Crippen molar-refractivity contribution < 1.29 is 19.6 Å². The molecular weight excluding hydrogens is 350 g/mol. The van der Waals surface area contributed by atoms with Crippen LogP contribution < -0.4 is 10.2 Å². The third-order valence-corrected chi connectivity index (χ3v) is 5.68. The number of hydrogen-bond donors (Lipinski definition) is 2. The van der Waals surface area contributed by atoms with E-state index in [1.807, 2.05) is 4.90 Å². The molecule has 146 valence electrons. The summed E-state index contributed by atoms with van der Waals surface area (Å²) >= 11 is 0. The second-order valence-electron chi connectivity index (χ2n) is 7.65. The standard InChI is InChI=1S/C19H25N3O5/c1-12-6-8-21(9-7-12)16-5-3-13(11-17(16)22(26)27)18(23)20-15-4-2-14(10-15)19(24)25/h3,5,11-12,14-15H,2,4,6-10H2,1H3,(H,20,23)(H,24,25)/t14-,15+/m1/s1. The molecule has 1 aromatic rings. The monoisotopic (exact) mass is 375 g/mol. The van der Waals surface area contributed by atoms with E-state index in [0.29, 0.717) is 30.9 Å². The number of anilines is 1. The van der Waals surface area contributed by atoms with Gasteiger partial charge in [-0.1, -0.05) is 6.92 Å². The Morgan fingerprint density at radius 2 is 1.93 bits per heavy atom. The van der Waals surface area contributed by atoms with Gasteiger partial charge in [-0.2, -0.15) is 0 Å². The second kappa shape index (κ2) is 7.94. The molecule has 27 heavy (non-hydrogen) atoms. The Kier molecular flexibility index (Phi) is 5.62. The van der Waals surface area contributed by atoms with E-state index in [1.54, 1.807) is 12.1 Å². The Morgan fingerprint density at radius 3 is 2.52 bits per heavy atom. The number of piperidine rings is 1. The molecule has 3 rings (SSSR count). The van der Waals surface area contributed by atoms with Gasteiger partial charge < -0.3 is 15.3 Å². The molecule has 1 heterocycles. The Morgan fingerprint density at radius 1 is 1.22 bits per heavy atom. The van der Waals surface area contributed by atoms with Gasteiger partial charge in [0, 0.05) is 30.8 Å². The lowest BCUT2D eigenvalue weighted by molar-refractivity contribution is -0.384. The zero-order valence-electron chi connectivity index (χ0n) is 15.4. The van der Waals surface area contributed by atoms with Gasteiger partial charge in [-0.25, -0.2) is 0 Å². The number of benzene rings is 1. The number of nitro benzene ring substituents is 1. The molecule has 1 aromatic carbocycles. The van der Waals surface area contributed by atoms with Gasteiger partial charge in [-0.05, 0) is 50.2 Å². The van der Waals surface area contributed by atoms with Crippen molar-refractivity contribution in [3.05, 3.63) is 33.9 Å². The number of carboxylic acids is 1. The summed E-state index contributed by atoms with van der Waals surface area (Å²) in [7, 11) is 0. The van der Waals surface area contributed by atoms with Crippen LogP contribution in [0.15, 0.2) is 18.2 Å². The van der Waals surface area contributed by atoms with Crippen LogP contribution in [0, 0.1) is 22.0 Å².